The van der Waals surface area contributed by atoms with Gasteiger partial charge in [-0.3, -0.25) is 4.79 Å². The Hall–Kier alpha value is -2.66. The molecule has 3 heterocycles. The van der Waals surface area contributed by atoms with Crippen molar-refractivity contribution in [2.75, 3.05) is 13.1 Å². The first kappa shape index (κ1) is 17.7. The first-order valence-corrected chi connectivity index (χ1v) is 9.65. The van der Waals surface area contributed by atoms with E-state index in [1.165, 1.54) is 5.56 Å². The lowest BCUT2D eigenvalue weighted by molar-refractivity contribution is 0.0436. The maximum Gasteiger partial charge on any atom is 0.255 e. The van der Waals surface area contributed by atoms with Gasteiger partial charge in [-0.1, -0.05) is 30.3 Å². The van der Waals surface area contributed by atoms with Gasteiger partial charge in [0, 0.05) is 31.7 Å². The summed E-state index contributed by atoms with van der Waals surface area (Å²) in [6, 6.07) is 14.0. The van der Waals surface area contributed by atoms with Crippen molar-refractivity contribution in [2.45, 2.75) is 31.8 Å². The molecule has 1 atom stereocenters. The molecule has 1 saturated heterocycles. The summed E-state index contributed by atoms with van der Waals surface area (Å²) >= 11 is 0. The van der Waals surface area contributed by atoms with Gasteiger partial charge in [0.05, 0.1) is 11.7 Å². The topological polar surface area (TPSA) is 57.8 Å². The molecule has 1 aliphatic heterocycles. The Kier molecular flexibility index (Phi) is 5.21. The highest BCUT2D eigenvalue weighted by atomic mass is 16.3. The lowest BCUT2D eigenvalue weighted by Crippen LogP contribution is -2.41. The van der Waals surface area contributed by atoms with E-state index < -0.39 is 0 Å². The molecule has 140 valence electrons. The molecule has 1 N–H and O–H groups in total. The van der Waals surface area contributed by atoms with E-state index in [1.807, 2.05) is 52.0 Å². The van der Waals surface area contributed by atoms with Crippen LogP contribution in [-0.2, 0) is 6.42 Å². The molecule has 0 bridgehead atoms. The highest BCUT2D eigenvalue weighted by Crippen LogP contribution is 2.24. The number of likely N-dealkylation sites (tertiary alicyclic amines) is 1. The van der Waals surface area contributed by atoms with Crippen LogP contribution in [0.25, 0.3) is 5.65 Å². The number of hydrogen-bond acceptors (Lipinski definition) is 3. The standard InChI is InChI=1S/C22H25N3O2/c26-20(8-6-17-4-2-1-3-5-17)18-10-13-24(14-11-18)22(27)19-7-9-21-23-12-15-25(21)16-19/h1-5,7,9,12,15-16,18,20,26H,6,8,10-11,13-14H2. The molecule has 2 aromatic heterocycles. The van der Waals surface area contributed by atoms with E-state index in [0.29, 0.717) is 18.7 Å². The van der Waals surface area contributed by atoms with Crippen molar-refractivity contribution < 1.29 is 9.90 Å². The quantitative estimate of drug-likeness (QED) is 0.757. The van der Waals surface area contributed by atoms with Crippen molar-refractivity contribution in [3.8, 4) is 0 Å². The van der Waals surface area contributed by atoms with Gasteiger partial charge in [0.25, 0.3) is 5.91 Å². The van der Waals surface area contributed by atoms with Gasteiger partial charge in [0.15, 0.2) is 0 Å². The van der Waals surface area contributed by atoms with Crippen LogP contribution >= 0.6 is 0 Å². The smallest absolute Gasteiger partial charge is 0.255 e. The summed E-state index contributed by atoms with van der Waals surface area (Å²) in [7, 11) is 0. The number of imidazole rings is 1. The van der Waals surface area contributed by atoms with Crippen LogP contribution in [-0.4, -0.2) is 44.5 Å². The third kappa shape index (κ3) is 4.03. The number of pyridine rings is 1. The lowest BCUT2D eigenvalue weighted by atomic mass is 9.88. The zero-order chi connectivity index (χ0) is 18.6. The maximum atomic E-state index is 12.8. The third-order valence-electron chi connectivity index (χ3n) is 5.58. The van der Waals surface area contributed by atoms with Crippen LogP contribution in [0.2, 0.25) is 0 Å². The molecular formula is C22H25N3O2. The number of aryl methyl sites for hydroxylation is 1. The number of amides is 1. The zero-order valence-electron chi connectivity index (χ0n) is 15.4. The van der Waals surface area contributed by atoms with Crippen molar-refractivity contribution in [3.05, 3.63) is 72.2 Å². The summed E-state index contributed by atoms with van der Waals surface area (Å²) in [6.07, 6.45) is 8.50. The minimum absolute atomic E-state index is 0.0582. The van der Waals surface area contributed by atoms with E-state index >= 15 is 0 Å². The summed E-state index contributed by atoms with van der Waals surface area (Å²) in [4.78, 5) is 18.9. The number of aliphatic hydroxyl groups excluding tert-OH is 1. The van der Waals surface area contributed by atoms with Gasteiger partial charge in [0.1, 0.15) is 5.65 Å². The highest BCUT2D eigenvalue weighted by molar-refractivity contribution is 5.94. The van der Waals surface area contributed by atoms with Gasteiger partial charge in [-0.25, -0.2) is 4.98 Å². The van der Waals surface area contributed by atoms with Gasteiger partial charge in [-0.15, -0.1) is 0 Å². The van der Waals surface area contributed by atoms with Crippen LogP contribution in [0.5, 0.6) is 0 Å². The first-order chi connectivity index (χ1) is 13.2. The van der Waals surface area contributed by atoms with E-state index in [9.17, 15) is 9.90 Å². The van der Waals surface area contributed by atoms with Gasteiger partial charge in [-0.2, -0.15) is 0 Å². The lowest BCUT2D eigenvalue weighted by Gasteiger charge is -2.34. The van der Waals surface area contributed by atoms with E-state index in [1.54, 1.807) is 6.20 Å². The molecule has 1 aliphatic rings. The van der Waals surface area contributed by atoms with Gasteiger partial charge in [0.2, 0.25) is 0 Å². The Morgan fingerprint density at radius 1 is 1.15 bits per heavy atom. The largest absolute Gasteiger partial charge is 0.393 e. The molecule has 5 nitrogen and oxygen atoms in total. The van der Waals surface area contributed by atoms with Crippen molar-refractivity contribution in [1.29, 1.82) is 0 Å². The molecule has 0 aliphatic carbocycles. The van der Waals surface area contributed by atoms with E-state index in [0.717, 1.165) is 31.3 Å². The summed E-state index contributed by atoms with van der Waals surface area (Å²) in [5, 5.41) is 10.6. The number of piperidine rings is 1. The number of hydrogen-bond donors (Lipinski definition) is 1. The van der Waals surface area contributed by atoms with E-state index in [-0.39, 0.29) is 17.9 Å². The van der Waals surface area contributed by atoms with Crippen LogP contribution in [0.4, 0.5) is 0 Å². The minimum atomic E-state index is -0.301. The zero-order valence-corrected chi connectivity index (χ0v) is 15.4. The number of aromatic nitrogens is 2. The van der Waals surface area contributed by atoms with Crippen molar-refractivity contribution in [2.24, 2.45) is 5.92 Å². The van der Waals surface area contributed by atoms with Crippen molar-refractivity contribution in [3.63, 3.8) is 0 Å². The van der Waals surface area contributed by atoms with Crippen molar-refractivity contribution in [1.82, 2.24) is 14.3 Å². The molecule has 3 aromatic rings. The second-order valence-electron chi connectivity index (χ2n) is 7.33. The minimum Gasteiger partial charge on any atom is -0.393 e. The fourth-order valence-corrected chi connectivity index (χ4v) is 3.91. The predicted molar refractivity (Wildman–Crippen MR) is 105 cm³/mol. The first-order valence-electron chi connectivity index (χ1n) is 9.65. The molecule has 1 aromatic carbocycles. The molecule has 27 heavy (non-hydrogen) atoms. The van der Waals surface area contributed by atoms with Crippen molar-refractivity contribution >= 4 is 11.6 Å². The number of aliphatic hydroxyl groups is 1. The molecule has 1 unspecified atom stereocenters. The average Bonchev–Trinajstić information content (AvgIpc) is 3.20. The summed E-state index contributed by atoms with van der Waals surface area (Å²) in [5.41, 5.74) is 2.79. The second kappa shape index (κ2) is 7.92. The molecule has 0 saturated carbocycles. The molecular weight excluding hydrogens is 338 g/mol. The van der Waals surface area contributed by atoms with Crippen LogP contribution in [0.15, 0.2) is 61.1 Å². The fraction of sp³-hybridized carbons (Fsp3) is 0.364. The molecule has 0 radical (unpaired) electrons. The Morgan fingerprint density at radius 2 is 1.93 bits per heavy atom. The number of carbonyl (C=O) groups is 1. The Labute approximate surface area is 159 Å². The summed E-state index contributed by atoms with van der Waals surface area (Å²) in [6.45, 7) is 1.40. The molecule has 0 spiro atoms. The number of rotatable bonds is 5. The van der Waals surface area contributed by atoms with E-state index in [4.69, 9.17) is 0 Å². The monoisotopic (exact) mass is 363 g/mol. The molecule has 1 amide bonds. The van der Waals surface area contributed by atoms with Gasteiger partial charge < -0.3 is 14.4 Å². The van der Waals surface area contributed by atoms with Crippen LogP contribution in [0, 0.1) is 5.92 Å². The van der Waals surface area contributed by atoms with Gasteiger partial charge >= 0.3 is 0 Å². The number of nitrogens with zero attached hydrogens (tertiary/aromatic N) is 3. The highest BCUT2D eigenvalue weighted by Gasteiger charge is 2.27. The molecule has 4 rings (SSSR count). The molecule has 5 heteroatoms. The van der Waals surface area contributed by atoms with Gasteiger partial charge in [-0.05, 0) is 49.3 Å². The average molecular weight is 363 g/mol. The maximum absolute atomic E-state index is 12.8. The Balaban J connectivity index is 1.30. The fourth-order valence-electron chi connectivity index (χ4n) is 3.91. The SMILES string of the molecule is O=C(c1ccc2nccn2c1)N1CCC(C(O)CCc2ccccc2)CC1. The summed E-state index contributed by atoms with van der Waals surface area (Å²) in [5.74, 6) is 0.330. The van der Waals surface area contributed by atoms with Crippen LogP contribution < -0.4 is 0 Å². The summed E-state index contributed by atoms with van der Waals surface area (Å²) < 4.78 is 1.87. The number of fused-ring (bicyclic) bond motifs is 1. The van der Waals surface area contributed by atoms with Crippen LogP contribution in [0.3, 0.4) is 0 Å². The van der Waals surface area contributed by atoms with Crippen LogP contribution in [0.1, 0.15) is 35.2 Å². The third-order valence-corrected chi connectivity index (χ3v) is 5.58. The Bertz CT molecular complexity index is 898. The number of benzene rings is 1. The predicted octanol–water partition coefficient (Wildman–Crippen LogP) is 3.18. The number of carbonyl (C=O) groups excluding carboxylic acids is 1. The molecule has 1 fully saturated rings. The normalized spacial score (nSPS) is 16.6. The Morgan fingerprint density at radius 3 is 2.70 bits per heavy atom. The second-order valence-corrected chi connectivity index (χ2v) is 7.33. The van der Waals surface area contributed by atoms with E-state index in [2.05, 4.69) is 17.1 Å².